The van der Waals surface area contributed by atoms with E-state index in [0.717, 1.165) is 21.8 Å². The number of nitrogens with zero attached hydrogens (tertiary/aromatic N) is 4. The van der Waals surface area contributed by atoms with Gasteiger partial charge in [-0.25, -0.2) is 22.9 Å². The Hall–Kier alpha value is -3.78. The zero-order chi connectivity index (χ0) is 34.2. The number of hydrogen-bond donors (Lipinski definition) is 1. The minimum Gasteiger partial charge on any atom is -0.469 e. The van der Waals surface area contributed by atoms with E-state index in [4.69, 9.17) is 16.3 Å². The molecule has 2 atom stereocenters. The first-order chi connectivity index (χ1) is 22.9. The highest BCUT2D eigenvalue weighted by atomic mass is 35.5. The lowest BCUT2D eigenvalue weighted by Gasteiger charge is -2.46. The third-order valence-electron chi connectivity index (χ3n) is 9.43. The van der Waals surface area contributed by atoms with Crippen LogP contribution in [0.25, 0.3) is 10.9 Å². The van der Waals surface area contributed by atoms with Crippen molar-refractivity contribution < 1.29 is 36.9 Å². The van der Waals surface area contributed by atoms with E-state index < -0.39 is 23.7 Å². The summed E-state index contributed by atoms with van der Waals surface area (Å²) in [5, 5.41) is 5.96. The fraction of sp³-hybridized carbons (Fsp3) is 0.412. The minimum absolute atomic E-state index is 0.00180. The molecule has 0 bridgehead atoms. The van der Waals surface area contributed by atoms with Gasteiger partial charge in [0.05, 0.1) is 49.3 Å². The molecule has 14 heteroatoms. The lowest BCUT2D eigenvalue weighted by Crippen LogP contribution is -2.65. The number of methoxy groups -OCH3 is 1. The molecule has 4 heterocycles. The maximum Gasteiger partial charge on any atom is 0.338 e. The molecule has 6 rings (SSSR count). The van der Waals surface area contributed by atoms with Crippen molar-refractivity contribution in [3.63, 3.8) is 0 Å². The molecule has 2 aliphatic rings. The Morgan fingerprint density at radius 2 is 1.94 bits per heavy atom. The van der Waals surface area contributed by atoms with Gasteiger partial charge in [0.15, 0.2) is 11.0 Å². The molecular weight excluding hydrogens is 667 g/mol. The summed E-state index contributed by atoms with van der Waals surface area (Å²) in [5.41, 5.74) is 1.36. The number of carbonyl (C=O) groups is 3. The summed E-state index contributed by atoms with van der Waals surface area (Å²) in [7, 11) is 3.15. The molecule has 4 aromatic rings. The maximum atomic E-state index is 15.7. The highest BCUT2D eigenvalue weighted by Gasteiger charge is 2.56. The van der Waals surface area contributed by atoms with E-state index in [1.165, 1.54) is 24.5 Å². The van der Waals surface area contributed by atoms with Crippen molar-refractivity contribution in [1.82, 2.24) is 14.6 Å². The van der Waals surface area contributed by atoms with E-state index in [1.54, 1.807) is 17.4 Å². The van der Waals surface area contributed by atoms with Crippen LogP contribution in [0.5, 0.6) is 0 Å². The van der Waals surface area contributed by atoms with Gasteiger partial charge in [0.2, 0.25) is 0 Å². The molecule has 9 nitrogen and oxygen atoms in total. The quantitative estimate of drug-likeness (QED) is 0.152. The number of piperidine rings is 1. The first kappa shape index (κ1) is 34.1. The Labute approximate surface area is 284 Å². The second-order valence-electron chi connectivity index (χ2n) is 12.4. The number of quaternary nitrogens is 1. The number of halogens is 4. The number of hydrogen-bond acceptors (Lipinski definition) is 7. The number of alkyl halides is 2. The first-order valence-corrected chi connectivity index (χ1v) is 17.0. The van der Waals surface area contributed by atoms with Gasteiger partial charge >= 0.3 is 11.9 Å². The molecule has 0 spiro atoms. The third kappa shape index (κ3) is 6.60. The van der Waals surface area contributed by atoms with E-state index in [2.05, 4.69) is 10.3 Å². The molecule has 2 aromatic heterocycles. The number of aromatic nitrogens is 2. The molecule has 48 heavy (non-hydrogen) atoms. The Balaban J connectivity index is 1.26. The van der Waals surface area contributed by atoms with E-state index in [1.807, 2.05) is 35.9 Å². The van der Waals surface area contributed by atoms with Gasteiger partial charge in [0, 0.05) is 66.5 Å². The van der Waals surface area contributed by atoms with E-state index >= 15 is 4.39 Å². The Morgan fingerprint density at radius 1 is 1.19 bits per heavy atom. The summed E-state index contributed by atoms with van der Waals surface area (Å²) in [6.45, 7) is 0.358. The normalized spacial score (nSPS) is 21.0. The molecule has 0 aliphatic carbocycles. The van der Waals surface area contributed by atoms with Crippen LogP contribution in [0.15, 0.2) is 48.8 Å². The number of rotatable bonds is 9. The van der Waals surface area contributed by atoms with Crippen molar-refractivity contribution in [3.05, 3.63) is 80.6 Å². The van der Waals surface area contributed by atoms with Gasteiger partial charge in [-0.3, -0.25) is 9.59 Å². The van der Waals surface area contributed by atoms with Crippen molar-refractivity contribution in [2.24, 2.45) is 7.05 Å². The van der Waals surface area contributed by atoms with Crippen molar-refractivity contribution in [3.8, 4) is 0 Å². The Kier molecular flexibility index (Phi) is 9.67. The number of aryl methyl sites for hydroxylation is 2. The minimum atomic E-state index is -2.83. The first-order valence-electron chi connectivity index (χ1n) is 15.8. The number of para-hydroxylation sites is 1. The Bertz CT molecular complexity index is 1870. The smallest absolute Gasteiger partial charge is 0.338 e. The topological polar surface area (TPSA) is 93.5 Å². The SMILES string of the molecule is COC(=O)CCc1cnc([C@@H]2CCC[N+]2(C(=O)Cc2cc(Cl)c(NC(=O)c3cn(C)c4ccccc34)cc2F)N2CCC(F)(F)CC2)s1. The van der Waals surface area contributed by atoms with E-state index in [9.17, 15) is 23.2 Å². The summed E-state index contributed by atoms with van der Waals surface area (Å²) in [5.74, 6) is -4.71. The molecule has 2 amide bonds. The number of carbonyl (C=O) groups excluding carboxylic acids is 3. The average Bonchev–Trinajstić information content (AvgIpc) is 3.80. The number of benzene rings is 2. The third-order valence-corrected chi connectivity index (χ3v) is 10.9. The van der Waals surface area contributed by atoms with Gasteiger partial charge in [0.1, 0.15) is 12.4 Å². The average molecular weight is 703 g/mol. The van der Waals surface area contributed by atoms with Crippen LogP contribution >= 0.6 is 22.9 Å². The van der Waals surface area contributed by atoms with Crippen molar-refractivity contribution in [1.29, 1.82) is 0 Å². The summed E-state index contributed by atoms with van der Waals surface area (Å²) < 4.78 is 50.6. The molecule has 0 saturated carbocycles. The second-order valence-corrected chi connectivity index (χ2v) is 13.9. The molecular formula is C34H36ClF3N5O4S+. The van der Waals surface area contributed by atoms with Crippen LogP contribution < -0.4 is 5.32 Å². The van der Waals surface area contributed by atoms with Gasteiger partial charge in [-0.1, -0.05) is 29.8 Å². The molecule has 2 fully saturated rings. The number of thiazole rings is 1. The molecule has 2 aliphatic heterocycles. The van der Waals surface area contributed by atoms with Crippen LogP contribution in [0, 0.1) is 5.82 Å². The van der Waals surface area contributed by atoms with Crippen LogP contribution in [0.3, 0.4) is 0 Å². The van der Waals surface area contributed by atoms with Crippen molar-refractivity contribution >= 4 is 57.3 Å². The summed E-state index contributed by atoms with van der Waals surface area (Å²) >= 11 is 7.95. The number of fused-ring (bicyclic) bond motifs is 1. The fourth-order valence-electron chi connectivity index (χ4n) is 6.93. The molecule has 1 unspecified atom stereocenters. The number of ether oxygens (including phenoxy) is 1. The number of esters is 1. The largest absolute Gasteiger partial charge is 0.469 e. The summed E-state index contributed by atoms with van der Waals surface area (Å²) in [6, 6.07) is 9.41. The van der Waals surface area contributed by atoms with Crippen LogP contribution in [0.1, 0.15) is 64.0 Å². The van der Waals surface area contributed by atoms with Crippen molar-refractivity contribution in [2.45, 2.75) is 56.9 Å². The molecule has 0 radical (unpaired) electrons. The van der Waals surface area contributed by atoms with Crippen LogP contribution in [-0.4, -0.2) is 69.6 Å². The fourth-order valence-corrected chi connectivity index (χ4v) is 8.27. The van der Waals surface area contributed by atoms with Crippen LogP contribution in [0.4, 0.5) is 18.9 Å². The second kappa shape index (κ2) is 13.6. The monoisotopic (exact) mass is 702 g/mol. The zero-order valence-electron chi connectivity index (χ0n) is 26.6. The highest BCUT2D eigenvalue weighted by molar-refractivity contribution is 7.11. The summed E-state index contributed by atoms with van der Waals surface area (Å²) in [6.07, 6.45) is 4.08. The van der Waals surface area contributed by atoms with Crippen molar-refractivity contribution in [2.75, 3.05) is 32.1 Å². The standard InChI is InChI=1S/C34H35ClF3N5O4S/c1-41-20-24(23-6-3-4-7-28(23)41)32(46)40-27-18-26(36)21(16-25(27)35)17-30(44)43(42-13-11-34(37,38)12-14-42)15-5-8-29(43)33-39-19-22(48-33)9-10-31(45)47-2/h3-4,6-7,16,18-20,29H,5,8-15,17H2,1-2H3/p+1/t29-,43?/m0/s1. The molecule has 1 N–H and O–H groups in total. The van der Waals surface area contributed by atoms with Crippen LogP contribution in [-0.2, 0) is 34.2 Å². The lowest BCUT2D eigenvalue weighted by atomic mass is 10.1. The van der Waals surface area contributed by atoms with E-state index in [0.29, 0.717) is 36.4 Å². The van der Waals surface area contributed by atoms with Gasteiger partial charge in [-0.05, 0) is 24.6 Å². The van der Waals surface area contributed by atoms with Gasteiger partial charge in [-0.15, -0.1) is 16.3 Å². The number of likely N-dealkylation sites (tertiary alicyclic amines) is 1. The predicted octanol–water partition coefficient (Wildman–Crippen LogP) is 6.85. The maximum absolute atomic E-state index is 15.7. The molecule has 254 valence electrons. The van der Waals surface area contributed by atoms with Crippen LogP contribution in [0.2, 0.25) is 5.02 Å². The highest BCUT2D eigenvalue weighted by Crippen LogP contribution is 2.45. The van der Waals surface area contributed by atoms with Gasteiger partial charge < -0.3 is 14.6 Å². The Morgan fingerprint density at radius 3 is 2.69 bits per heavy atom. The molecule has 2 aromatic carbocycles. The summed E-state index contributed by atoms with van der Waals surface area (Å²) in [4.78, 5) is 44.8. The van der Waals surface area contributed by atoms with Gasteiger partial charge in [0.25, 0.3) is 11.8 Å². The zero-order valence-corrected chi connectivity index (χ0v) is 28.2. The number of nitrogens with one attached hydrogen (secondary N) is 1. The number of amides is 2. The van der Waals surface area contributed by atoms with E-state index in [-0.39, 0.29) is 71.5 Å². The predicted molar refractivity (Wildman–Crippen MR) is 176 cm³/mol. The lowest BCUT2D eigenvalue weighted by molar-refractivity contribution is -0.986. The van der Waals surface area contributed by atoms with Gasteiger partial charge in [-0.2, -0.15) is 4.59 Å². The number of anilines is 1. The molecule has 2 saturated heterocycles.